The molecule has 6 heteroatoms. The molecule has 0 bridgehead atoms. The van der Waals surface area contributed by atoms with E-state index in [0.717, 1.165) is 25.7 Å². The summed E-state index contributed by atoms with van der Waals surface area (Å²) in [5, 5.41) is 10.1. The van der Waals surface area contributed by atoms with Crippen molar-refractivity contribution < 1.29 is 14.7 Å². The molecule has 0 aromatic carbocycles. The maximum Gasteiger partial charge on any atom is 0.349 e. The Bertz CT molecular complexity index is 322. The van der Waals surface area contributed by atoms with E-state index in [-0.39, 0.29) is 6.04 Å². The molecule has 0 radical (unpaired) electrons. The highest BCUT2D eigenvalue weighted by Gasteiger charge is 2.21. The lowest BCUT2D eigenvalue weighted by Crippen LogP contribution is -2.36. The molecule has 1 rings (SSSR count). The summed E-state index contributed by atoms with van der Waals surface area (Å²) >= 11 is 10.9. The smallest absolute Gasteiger partial charge is 0.349 e. The fourth-order valence-corrected chi connectivity index (χ4v) is 1.91. The number of carboxylic acids is 1. The van der Waals surface area contributed by atoms with Crippen LogP contribution in [0.15, 0.2) is 10.1 Å². The minimum absolute atomic E-state index is 0.0771. The van der Waals surface area contributed by atoms with Crippen molar-refractivity contribution >= 4 is 35.1 Å². The van der Waals surface area contributed by atoms with Gasteiger partial charge in [0.15, 0.2) is 0 Å². The van der Waals surface area contributed by atoms with Crippen LogP contribution in [-0.4, -0.2) is 23.0 Å². The van der Waals surface area contributed by atoms with Crippen LogP contribution in [-0.2, 0) is 9.59 Å². The lowest BCUT2D eigenvalue weighted by atomic mass is 9.95. The van der Waals surface area contributed by atoms with Gasteiger partial charge in [0.25, 0.3) is 5.91 Å². The third-order valence-corrected chi connectivity index (χ3v) is 3.33. The van der Waals surface area contributed by atoms with E-state index in [4.69, 9.17) is 28.3 Å². The van der Waals surface area contributed by atoms with Crippen LogP contribution in [0.1, 0.15) is 32.1 Å². The first-order valence-corrected chi connectivity index (χ1v) is 5.87. The van der Waals surface area contributed by atoms with Gasteiger partial charge in [-0.1, -0.05) is 42.5 Å². The second-order valence-electron chi connectivity index (χ2n) is 3.74. The molecule has 1 amide bonds. The first kappa shape index (κ1) is 13.3. The van der Waals surface area contributed by atoms with E-state index in [1.54, 1.807) is 0 Å². The summed E-state index contributed by atoms with van der Waals surface area (Å²) in [6.45, 7) is 0. The molecule has 0 aliphatic heterocycles. The molecule has 0 heterocycles. The number of carbonyl (C=O) groups is 2. The third-order valence-electron chi connectivity index (χ3n) is 2.52. The van der Waals surface area contributed by atoms with Crippen molar-refractivity contribution in [2.75, 3.05) is 0 Å². The lowest BCUT2D eigenvalue weighted by Gasteiger charge is -2.22. The number of carbonyl (C=O) groups excluding carboxylic acids is 1. The zero-order valence-electron chi connectivity index (χ0n) is 8.63. The molecule has 1 aliphatic rings. The summed E-state index contributed by atoms with van der Waals surface area (Å²) in [7, 11) is 0. The SMILES string of the molecule is O=C(O)C(Cl)=C(Cl)C(=O)NC1CCCCC1. The Hall–Kier alpha value is -0.740. The molecule has 0 saturated heterocycles. The van der Waals surface area contributed by atoms with E-state index in [1.807, 2.05) is 0 Å². The van der Waals surface area contributed by atoms with Crippen LogP contribution in [0.25, 0.3) is 0 Å². The summed E-state index contributed by atoms with van der Waals surface area (Å²) in [5.41, 5.74) is 0. The third kappa shape index (κ3) is 3.68. The van der Waals surface area contributed by atoms with Crippen molar-refractivity contribution in [1.29, 1.82) is 0 Å². The van der Waals surface area contributed by atoms with Gasteiger partial charge < -0.3 is 10.4 Å². The normalized spacial score (nSPS) is 18.9. The van der Waals surface area contributed by atoms with E-state index in [1.165, 1.54) is 6.42 Å². The molecule has 1 aliphatic carbocycles. The van der Waals surface area contributed by atoms with Gasteiger partial charge >= 0.3 is 5.97 Å². The summed E-state index contributed by atoms with van der Waals surface area (Å²) in [4.78, 5) is 22.0. The Morgan fingerprint density at radius 3 is 2.12 bits per heavy atom. The number of nitrogens with one attached hydrogen (secondary N) is 1. The predicted octanol–water partition coefficient (Wildman–Crippen LogP) is 2.21. The molecule has 1 fully saturated rings. The Morgan fingerprint density at radius 2 is 1.62 bits per heavy atom. The zero-order chi connectivity index (χ0) is 12.1. The van der Waals surface area contributed by atoms with Gasteiger partial charge in [0, 0.05) is 6.04 Å². The number of aliphatic carboxylic acids is 1. The minimum atomic E-state index is -1.40. The summed E-state index contributed by atoms with van der Waals surface area (Å²) < 4.78 is 0. The Morgan fingerprint density at radius 1 is 1.06 bits per heavy atom. The van der Waals surface area contributed by atoms with E-state index < -0.39 is 21.9 Å². The van der Waals surface area contributed by atoms with Gasteiger partial charge in [-0.05, 0) is 12.8 Å². The van der Waals surface area contributed by atoms with Crippen molar-refractivity contribution in [3.8, 4) is 0 Å². The number of hydrogen-bond acceptors (Lipinski definition) is 2. The van der Waals surface area contributed by atoms with Gasteiger partial charge in [-0.15, -0.1) is 0 Å². The molecule has 0 aromatic heterocycles. The highest BCUT2D eigenvalue weighted by Crippen LogP contribution is 2.19. The average Bonchev–Trinajstić information content (AvgIpc) is 2.28. The van der Waals surface area contributed by atoms with Crippen molar-refractivity contribution in [1.82, 2.24) is 5.32 Å². The molecular weight excluding hydrogens is 253 g/mol. The molecule has 16 heavy (non-hydrogen) atoms. The predicted molar refractivity (Wildman–Crippen MR) is 61.4 cm³/mol. The molecule has 2 N–H and O–H groups in total. The molecule has 0 spiro atoms. The quantitative estimate of drug-likeness (QED) is 0.769. The van der Waals surface area contributed by atoms with Crippen molar-refractivity contribution in [2.24, 2.45) is 0 Å². The van der Waals surface area contributed by atoms with E-state index in [9.17, 15) is 9.59 Å². The Balaban J connectivity index is 2.57. The van der Waals surface area contributed by atoms with Gasteiger partial charge in [0.2, 0.25) is 0 Å². The standard InChI is InChI=1S/C10H13Cl2NO3/c11-7(8(12)10(15)16)9(14)13-6-4-2-1-3-5-6/h6H,1-5H2,(H,13,14)(H,15,16). The number of amides is 1. The van der Waals surface area contributed by atoms with Gasteiger partial charge in [-0.25, -0.2) is 4.79 Å². The highest BCUT2D eigenvalue weighted by molar-refractivity contribution is 6.53. The lowest BCUT2D eigenvalue weighted by molar-refractivity contribution is -0.132. The second-order valence-corrected chi connectivity index (χ2v) is 4.50. The minimum Gasteiger partial charge on any atom is -0.477 e. The molecule has 90 valence electrons. The maximum atomic E-state index is 11.5. The van der Waals surface area contributed by atoms with Crippen LogP contribution < -0.4 is 5.32 Å². The summed E-state index contributed by atoms with van der Waals surface area (Å²) in [6.07, 6.45) is 5.12. The van der Waals surface area contributed by atoms with Gasteiger partial charge in [-0.3, -0.25) is 4.79 Å². The van der Waals surface area contributed by atoms with Gasteiger partial charge in [-0.2, -0.15) is 0 Å². The summed E-state index contributed by atoms with van der Waals surface area (Å²) in [5.74, 6) is -2.01. The molecule has 0 unspecified atom stereocenters. The first-order chi connectivity index (χ1) is 7.52. The van der Waals surface area contributed by atoms with E-state index in [2.05, 4.69) is 5.32 Å². The second kappa shape index (κ2) is 6.11. The molecular formula is C10H13Cl2NO3. The molecule has 0 atom stereocenters. The van der Waals surface area contributed by atoms with Crippen molar-refractivity contribution in [2.45, 2.75) is 38.1 Å². The van der Waals surface area contributed by atoms with Crippen LogP contribution in [0.2, 0.25) is 0 Å². The number of hydrogen-bond donors (Lipinski definition) is 2. The van der Waals surface area contributed by atoms with E-state index in [0.29, 0.717) is 0 Å². The average molecular weight is 266 g/mol. The van der Waals surface area contributed by atoms with Crippen molar-refractivity contribution in [3.05, 3.63) is 10.1 Å². The zero-order valence-corrected chi connectivity index (χ0v) is 10.1. The van der Waals surface area contributed by atoms with Gasteiger partial charge in [0.1, 0.15) is 10.1 Å². The molecule has 0 aromatic rings. The Kier molecular flexibility index (Phi) is 5.09. The highest BCUT2D eigenvalue weighted by atomic mass is 35.5. The largest absolute Gasteiger partial charge is 0.477 e. The van der Waals surface area contributed by atoms with Crippen LogP contribution in [0.3, 0.4) is 0 Å². The number of carboxylic acid groups (broad SMARTS) is 1. The van der Waals surface area contributed by atoms with E-state index >= 15 is 0 Å². The van der Waals surface area contributed by atoms with Crippen LogP contribution in [0.5, 0.6) is 0 Å². The molecule has 1 saturated carbocycles. The van der Waals surface area contributed by atoms with Crippen molar-refractivity contribution in [3.63, 3.8) is 0 Å². The number of halogens is 2. The van der Waals surface area contributed by atoms with Gasteiger partial charge in [0.05, 0.1) is 0 Å². The van der Waals surface area contributed by atoms with Crippen LogP contribution in [0, 0.1) is 0 Å². The fraction of sp³-hybridized carbons (Fsp3) is 0.600. The summed E-state index contributed by atoms with van der Waals surface area (Å²) in [6, 6.07) is 0.0771. The first-order valence-electron chi connectivity index (χ1n) is 5.11. The Labute approximate surface area is 104 Å². The van der Waals surface area contributed by atoms with Crippen LogP contribution in [0.4, 0.5) is 0 Å². The fourth-order valence-electron chi connectivity index (χ4n) is 1.69. The topological polar surface area (TPSA) is 66.4 Å². The monoisotopic (exact) mass is 265 g/mol. The number of rotatable bonds is 3. The van der Waals surface area contributed by atoms with Crippen LogP contribution >= 0.6 is 23.2 Å². The molecule has 4 nitrogen and oxygen atoms in total. The maximum absolute atomic E-state index is 11.5.